The number of carbonyl (C=O) groups excluding carboxylic acids is 1. The standard InChI is InChI=1S/C26H28N4O/c1-18-22(19(2)30-26(27-18)23-12-6-7-13-24(23)28-30)14-15-25(31)29-16-8-11-21(29)17-20-9-4-3-5-10-20/h3-7,9-10,12-13,21H,8,11,14-17H2,1-2H3. The van der Waals surface area contributed by atoms with Crippen LogP contribution >= 0.6 is 0 Å². The number of aryl methyl sites for hydroxylation is 2. The third-order valence-corrected chi connectivity index (χ3v) is 6.62. The second-order valence-electron chi connectivity index (χ2n) is 8.59. The van der Waals surface area contributed by atoms with Crippen molar-refractivity contribution in [1.82, 2.24) is 19.5 Å². The molecule has 1 aliphatic rings. The summed E-state index contributed by atoms with van der Waals surface area (Å²) in [6.45, 7) is 5.00. The maximum Gasteiger partial charge on any atom is 0.223 e. The molecule has 2 aromatic heterocycles. The Bertz CT molecular complexity index is 1240. The third kappa shape index (κ3) is 3.69. The molecule has 5 nitrogen and oxygen atoms in total. The Morgan fingerprint density at radius 2 is 1.84 bits per heavy atom. The lowest BCUT2D eigenvalue weighted by molar-refractivity contribution is -0.131. The number of carbonyl (C=O) groups is 1. The van der Waals surface area contributed by atoms with Crippen molar-refractivity contribution in [3.05, 3.63) is 77.1 Å². The average molecular weight is 413 g/mol. The van der Waals surface area contributed by atoms with E-state index in [4.69, 9.17) is 10.1 Å². The SMILES string of the molecule is Cc1nc2c3ccccc3nn2c(C)c1CCC(=O)N1CCCC1Cc1ccccc1. The minimum absolute atomic E-state index is 0.253. The minimum atomic E-state index is 0.253. The molecule has 3 heterocycles. The van der Waals surface area contributed by atoms with Gasteiger partial charge in [-0.3, -0.25) is 4.79 Å². The van der Waals surface area contributed by atoms with Gasteiger partial charge in [-0.2, -0.15) is 5.10 Å². The van der Waals surface area contributed by atoms with E-state index < -0.39 is 0 Å². The molecule has 0 radical (unpaired) electrons. The van der Waals surface area contributed by atoms with Gasteiger partial charge in [0.2, 0.25) is 5.91 Å². The zero-order valence-corrected chi connectivity index (χ0v) is 18.2. The van der Waals surface area contributed by atoms with Crippen LogP contribution < -0.4 is 0 Å². The van der Waals surface area contributed by atoms with Crippen molar-refractivity contribution in [2.75, 3.05) is 6.54 Å². The highest BCUT2D eigenvalue weighted by molar-refractivity contribution is 5.92. The van der Waals surface area contributed by atoms with E-state index in [2.05, 4.69) is 42.2 Å². The maximum absolute atomic E-state index is 13.1. The molecule has 5 heteroatoms. The normalized spacial score (nSPS) is 16.5. The van der Waals surface area contributed by atoms with Gasteiger partial charge in [-0.1, -0.05) is 42.5 Å². The number of likely N-dealkylation sites (tertiary alicyclic amines) is 1. The monoisotopic (exact) mass is 412 g/mol. The van der Waals surface area contributed by atoms with Gasteiger partial charge in [0.05, 0.1) is 5.52 Å². The summed E-state index contributed by atoms with van der Waals surface area (Å²) in [5.74, 6) is 0.253. The van der Waals surface area contributed by atoms with Crippen LogP contribution in [0.1, 0.15) is 41.8 Å². The minimum Gasteiger partial charge on any atom is -0.339 e. The molecule has 31 heavy (non-hydrogen) atoms. The second-order valence-corrected chi connectivity index (χ2v) is 8.59. The van der Waals surface area contributed by atoms with Crippen LogP contribution in [0.3, 0.4) is 0 Å². The number of benzene rings is 2. The first kappa shape index (κ1) is 19.7. The number of aromatic nitrogens is 3. The van der Waals surface area contributed by atoms with E-state index in [0.717, 1.165) is 59.3 Å². The van der Waals surface area contributed by atoms with Crippen LogP contribution in [0.5, 0.6) is 0 Å². The topological polar surface area (TPSA) is 50.5 Å². The van der Waals surface area contributed by atoms with Crippen molar-refractivity contribution in [1.29, 1.82) is 0 Å². The Balaban J connectivity index is 1.34. The predicted octanol–water partition coefficient (Wildman–Crippen LogP) is 4.67. The Hall–Kier alpha value is -3.21. The molecule has 1 fully saturated rings. The van der Waals surface area contributed by atoms with Gasteiger partial charge in [0.1, 0.15) is 0 Å². The first-order valence-electron chi connectivity index (χ1n) is 11.2. The summed E-state index contributed by atoms with van der Waals surface area (Å²) < 4.78 is 1.94. The van der Waals surface area contributed by atoms with Gasteiger partial charge >= 0.3 is 0 Å². The van der Waals surface area contributed by atoms with Crippen molar-refractivity contribution in [3.8, 4) is 0 Å². The van der Waals surface area contributed by atoms with E-state index >= 15 is 0 Å². The Morgan fingerprint density at radius 1 is 1.06 bits per heavy atom. The quantitative estimate of drug-likeness (QED) is 0.479. The molecule has 0 saturated carbocycles. The van der Waals surface area contributed by atoms with Gasteiger partial charge in [0.15, 0.2) is 5.65 Å². The summed E-state index contributed by atoms with van der Waals surface area (Å²) in [4.78, 5) is 20.1. The summed E-state index contributed by atoms with van der Waals surface area (Å²) in [5, 5.41) is 5.81. The molecule has 0 aliphatic carbocycles. The Labute approximate surface area is 182 Å². The van der Waals surface area contributed by atoms with E-state index in [0.29, 0.717) is 18.9 Å². The largest absolute Gasteiger partial charge is 0.339 e. The molecule has 0 bridgehead atoms. The third-order valence-electron chi connectivity index (χ3n) is 6.62. The fourth-order valence-corrected chi connectivity index (χ4v) is 4.98. The van der Waals surface area contributed by atoms with Gasteiger partial charge in [0.25, 0.3) is 0 Å². The predicted molar refractivity (Wildman–Crippen MR) is 123 cm³/mol. The van der Waals surface area contributed by atoms with Crippen LogP contribution in [0.15, 0.2) is 54.6 Å². The smallest absolute Gasteiger partial charge is 0.223 e. The molecule has 5 rings (SSSR count). The van der Waals surface area contributed by atoms with E-state index in [1.807, 2.05) is 35.7 Å². The van der Waals surface area contributed by atoms with E-state index in [1.54, 1.807) is 0 Å². The zero-order valence-electron chi connectivity index (χ0n) is 18.2. The molecular weight excluding hydrogens is 384 g/mol. The van der Waals surface area contributed by atoms with Crippen molar-refractivity contribution in [2.45, 2.75) is 52.0 Å². The molecule has 1 saturated heterocycles. The molecular formula is C26H28N4O. The molecule has 1 amide bonds. The van der Waals surface area contributed by atoms with Gasteiger partial charge in [0, 0.05) is 35.8 Å². The molecule has 4 aromatic rings. The van der Waals surface area contributed by atoms with Gasteiger partial charge in [-0.05, 0) is 62.8 Å². The number of amides is 1. The summed E-state index contributed by atoms with van der Waals surface area (Å²) in [5.41, 5.74) is 6.35. The van der Waals surface area contributed by atoms with Crippen LogP contribution in [0.2, 0.25) is 0 Å². The van der Waals surface area contributed by atoms with E-state index in [-0.39, 0.29) is 5.91 Å². The molecule has 1 unspecified atom stereocenters. The van der Waals surface area contributed by atoms with Crippen LogP contribution in [-0.4, -0.2) is 38.0 Å². The average Bonchev–Trinajstić information content (AvgIpc) is 3.39. The van der Waals surface area contributed by atoms with Crippen molar-refractivity contribution in [2.24, 2.45) is 0 Å². The highest BCUT2D eigenvalue weighted by atomic mass is 16.2. The first-order valence-corrected chi connectivity index (χ1v) is 11.2. The van der Waals surface area contributed by atoms with Gasteiger partial charge in [-0.15, -0.1) is 0 Å². The molecule has 158 valence electrons. The van der Waals surface area contributed by atoms with Gasteiger partial charge in [-0.25, -0.2) is 9.50 Å². The maximum atomic E-state index is 13.1. The first-order chi connectivity index (χ1) is 15.1. The number of hydrogen-bond acceptors (Lipinski definition) is 3. The molecule has 1 aliphatic heterocycles. The molecule has 2 aromatic carbocycles. The van der Waals surface area contributed by atoms with Crippen LogP contribution in [-0.2, 0) is 17.6 Å². The lowest BCUT2D eigenvalue weighted by Crippen LogP contribution is -2.37. The lowest BCUT2D eigenvalue weighted by atomic mass is 10.0. The Kier molecular flexibility index (Phi) is 5.18. The highest BCUT2D eigenvalue weighted by Crippen LogP contribution is 2.25. The van der Waals surface area contributed by atoms with Gasteiger partial charge < -0.3 is 4.90 Å². The second kappa shape index (κ2) is 8.14. The van der Waals surface area contributed by atoms with Crippen molar-refractivity contribution >= 4 is 22.5 Å². The highest BCUT2D eigenvalue weighted by Gasteiger charge is 2.28. The van der Waals surface area contributed by atoms with E-state index in [9.17, 15) is 4.79 Å². The van der Waals surface area contributed by atoms with Crippen molar-refractivity contribution < 1.29 is 4.79 Å². The summed E-state index contributed by atoms with van der Waals surface area (Å²) in [6, 6.07) is 18.9. The van der Waals surface area contributed by atoms with Crippen LogP contribution in [0.25, 0.3) is 16.6 Å². The van der Waals surface area contributed by atoms with Crippen LogP contribution in [0, 0.1) is 13.8 Å². The fourth-order valence-electron chi connectivity index (χ4n) is 4.98. The van der Waals surface area contributed by atoms with Crippen LogP contribution in [0.4, 0.5) is 0 Å². The molecule has 1 atom stereocenters. The number of fused-ring (bicyclic) bond motifs is 3. The lowest BCUT2D eigenvalue weighted by Gasteiger charge is -2.25. The number of hydrogen-bond donors (Lipinski definition) is 0. The van der Waals surface area contributed by atoms with Crippen molar-refractivity contribution in [3.63, 3.8) is 0 Å². The van der Waals surface area contributed by atoms with E-state index in [1.165, 1.54) is 5.56 Å². The molecule has 0 N–H and O–H groups in total. The summed E-state index contributed by atoms with van der Waals surface area (Å²) >= 11 is 0. The number of rotatable bonds is 5. The summed E-state index contributed by atoms with van der Waals surface area (Å²) in [7, 11) is 0. The zero-order chi connectivity index (χ0) is 21.4. The molecule has 0 spiro atoms. The summed E-state index contributed by atoms with van der Waals surface area (Å²) in [6.07, 6.45) is 4.34. The number of nitrogens with zero attached hydrogens (tertiary/aromatic N) is 4. The Morgan fingerprint density at radius 3 is 2.68 bits per heavy atom. The fraction of sp³-hybridized carbons (Fsp3) is 0.346.